The molecule has 1 aromatic rings. The van der Waals surface area contributed by atoms with Gasteiger partial charge in [-0.15, -0.1) is 12.4 Å². The van der Waals surface area contributed by atoms with Gasteiger partial charge in [0.25, 0.3) is 0 Å². The highest BCUT2D eigenvalue weighted by Gasteiger charge is 2.33. The number of carbonyl (C=O) groups is 1. The summed E-state index contributed by atoms with van der Waals surface area (Å²) in [5.41, 5.74) is -0.734. The van der Waals surface area contributed by atoms with Crippen LogP contribution in [0.3, 0.4) is 0 Å². The number of benzene rings is 1. The molecule has 23 heavy (non-hydrogen) atoms. The zero-order valence-electron chi connectivity index (χ0n) is 12.7. The molecule has 0 atom stereocenters. The van der Waals surface area contributed by atoms with Gasteiger partial charge in [-0.25, -0.2) is 0 Å². The minimum Gasteiger partial charge on any atom is -0.355 e. The smallest absolute Gasteiger partial charge is 0.355 e. The number of carbonyl (C=O) groups excluding carboxylic acids is 1. The van der Waals surface area contributed by atoms with E-state index in [-0.39, 0.29) is 30.3 Å². The van der Waals surface area contributed by atoms with Gasteiger partial charge < -0.3 is 10.6 Å². The van der Waals surface area contributed by atoms with Crippen molar-refractivity contribution in [3.05, 3.63) is 35.4 Å². The van der Waals surface area contributed by atoms with E-state index in [4.69, 9.17) is 0 Å². The number of alkyl halides is 3. The van der Waals surface area contributed by atoms with Crippen LogP contribution in [-0.4, -0.2) is 50.1 Å². The average molecular weight is 352 g/mol. The van der Waals surface area contributed by atoms with Crippen molar-refractivity contribution >= 4 is 18.3 Å². The molecule has 1 saturated heterocycles. The van der Waals surface area contributed by atoms with Gasteiger partial charge in [0.05, 0.1) is 12.0 Å². The number of hydrogen-bond acceptors (Lipinski definition) is 3. The van der Waals surface area contributed by atoms with Gasteiger partial charge in [-0.3, -0.25) is 9.69 Å². The predicted molar refractivity (Wildman–Crippen MR) is 84.7 cm³/mol. The number of halogens is 4. The lowest BCUT2D eigenvalue weighted by atomic mass is 10.0. The van der Waals surface area contributed by atoms with E-state index in [1.165, 1.54) is 18.2 Å². The van der Waals surface area contributed by atoms with Crippen molar-refractivity contribution in [3.63, 3.8) is 0 Å². The Morgan fingerprint density at radius 2 is 1.87 bits per heavy atom. The Balaban J connectivity index is 0.00000264. The lowest BCUT2D eigenvalue weighted by Crippen LogP contribution is -2.46. The van der Waals surface area contributed by atoms with Crippen LogP contribution < -0.4 is 10.6 Å². The molecule has 1 aliphatic heterocycles. The quantitative estimate of drug-likeness (QED) is 0.848. The molecular weight excluding hydrogens is 331 g/mol. The molecule has 1 heterocycles. The number of nitrogens with zero attached hydrogens (tertiary/aromatic N) is 1. The lowest BCUT2D eigenvalue weighted by molar-refractivity contribution is -0.138. The summed E-state index contributed by atoms with van der Waals surface area (Å²) in [4.78, 5) is 14.0. The summed E-state index contributed by atoms with van der Waals surface area (Å²) in [7, 11) is 0. The third-order valence-corrected chi connectivity index (χ3v) is 3.63. The van der Waals surface area contributed by atoms with Crippen molar-refractivity contribution < 1.29 is 18.0 Å². The summed E-state index contributed by atoms with van der Waals surface area (Å²) >= 11 is 0. The minimum atomic E-state index is -4.43. The fourth-order valence-corrected chi connectivity index (χ4v) is 2.47. The molecule has 1 aliphatic rings. The van der Waals surface area contributed by atoms with Crippen molar-refractivity contribution in [2.45, 2.75) is 12.6 Å². The molecule has 2 N–H and O–H groups in total. The Hall–Kier alpha value is -1.31. The highest BCUT2D eigenvalue weighted by molar-refractivity contribution is 5.85. The molecule has 0 saturated carbocycles. The standard InChI is InChI=1S/C15H20F3N3O.ClH/c16-15(17,18)13-4-2-1-3-12(13)11-14(22)20-7-10-21-8-5-19-6-9-21;/h1-4,19H,5-11H2,(H,20,22);1H. The SMILES string of the molecule is Cl.O=C(Cc1ccccc1C(F)(F)F)NCCN1CCNCC1. The summed E-state index contributed by atoms with van der Waals surface area (Å²) < 4.78 is 38.5. The molecule has 0 aromatic heterocycles. The second-order valence-electron chi connectivity index (χ2n) is 5.27. The predicted octanol–water partition coefficient (Wildman–Crippen LogP) is 1.69. The van der Waals surface area contributed by atoms with Crippen LogP contribution in [0, 0.1) is 0 Å². The summed E-state index contributed by atoms with van der Waals surface area (Å²) in [6.07, 6.45) is -4.69. The van der Waals surface area contributed by atoms with E-state index in [0.29, 0.717) is 13.1 Å². The molecular formula is C15H21ClF3N3O. The maximum absolute atomic E-state index is 12.8. The highest BCUT2D eigenvalue weighted by Crippen LogP contribution is 2.31. The van der Waals surface area contributed by atoms with E-state index < -0.39 is 11.7 Å². The molecule has 8 heteroatoms. The Labute approximate surface area is 139 Å². The molecule has 130 valence electrons. The van der Waals surface area contributed by atoms with Crippen LogP contribution in [0.15, 0.2) is 24.3 Å². The Morgan fingerprint density at radius 1 is 1.22 bits per heavy atom. The fourth-order valence-electron chi connectivity index (χ4n) is 2.47. The third-order valence-electron chi connectivity index (χ3n) is 3.63. The number of amides is 1. The van der Waals surface area contributed by atoms with E-state index in [2.05, 4.69) is 15.5 Å². The van der Waals surface area contributed by atoms with Gasteiger partial charge in [-0.1, -0.05) is 18.2 Å². The van der Waals surface area contributed by atoms with Crippen LogP contribution in [-0.2, 0) is 17.4 Å². The zero-order valence-corrected chi connectivity index (χ0v) is 13.5. The van der Waals surface area contributed by atoms with Crippen LogP contribution in [0.5, 0.6) is 0 Å². The first-order valence-corrected chi connectivity index (χ1v) is 7.31. The van der Waals surface area contributed by atoms with Gasteiger partial charge in [0.15, 0.2) is 0 Å². The second kappa shape index (κ2) is 9.10. The highest BCUT2D eigenvalue weighted by atomic mass is 35.5. The summed E-state index contributed by atoms with van der Waals surface area (Å²) in [6.45, 7) is 4.86. The van der Waals surface area contributed by atoms with Crippen LogP contribution in [0.1, 0.15) is 11.1 Å². The fraction of sp³-hybridized carbons (Fsp3) is 0.533. The lowest BCUT2D eigenvalue weighted by Gasteiger charge is -2.27. The molecule has 2 rings (SSSR count). The molecule has 1 fully saturated rings. The zero-order chi connectivity index (χ0) is 16.0. The van der Waals surface area contributed by atoms with Gasteiger partial charge in [0.2, 0.25) is 5.91 Å². The largest absolute Gasteiger partial charge is 0.416 e. The van der Waals surface area contributed by atoms with Gasteiger partial charge >= 0.3 is 6.18 Å². The Morgan fingerprint density at radius 3 is 2.52 bits per heavy atom. The van der Waals surface area contributed by atoms with Gasteiger partial charge in [0, 0.05) is 39.3 Å². The van der Waals surface area contributed by atoms with Gasteiger partial charge in [0.1, 0.15) is 0 Å². The first kappa shape index (κ1) is 19.7. The molecule has 1 aromatic carbocycles. The summed E-state index contributed by atoms with van der Waals surface area (Å²) in [5.74, 6) is -0.383. The molecule has 0 spiro atoms. The van der Waals surface area contributed by atoms with Crippen molar-refractivity contribution in [2.24, 2.45) is 0 Å². The van der Waals surface area contributed by atoms with E-state index in [9.17, 15) is 18.0 Å². The number of piperazine rings is 1. The van der Waals surface area contributed by atoms with Gasteiger partial charge in [-0.05, 0) is 11.6 Å². The minimum absolute atomic E-state index is 0. The molecule has 0 bridgehead atoms. The van der Waals surface area contributed by atoms with Crippen molar-refractivity contribution in [1.82, 2.24) is 15.5 Å². The normalized spacial score (nSPS) is 15.8. The van der Waals surface area contributed by atoms with E-state index >= 15 is 0 Å². The molecule has 0 unspecified atom stereocenters. The topological polar surface area (TPSA) is 44.4 Å². The van der Waals surface area contributed by atoms with Crippen molar-refractivity contribution in [2.75, 3.05) is 39.3 Å². The molecule has 0 aliphatic carbocycles. The van der Waals surface area contributed by atoms with E-state index in [0.717, 1.165) is 32.2 Å². The first-order valence-electron chi connectivity index (χ1n) is 7.31. The first-order chi connectivity index (χ1) is 10.5. The maximum Gasteiger partial charge on any atom is 0.416 e. The molecule has 1 amide bonds. The van der Waals surface area contributed by atoms with E-state index in [1.54, 1.807) is 0 Å². The average Bonchev–Trinajstić information content (AvgIpc) is 2.48. The number of nitrogens with one attached hydrogen (secondary N) is 2. The van der Waals surface area contributed by atoms with Gasteiger partial charge in [-0.2, -0.15) is 13.2 Å². The number of rotatable bonds is 5. The van der Waals surface area contributed by atoms with E-state index in [1.807, 2.05) is 0 Å². The van der Waals surface area contributed by atoms with Crippen LogP contribution in [0.4, 0.5) is 13.2 Å². The third kappa shape index (κ3) is 6.37. The summed E-state index contributed by atoms with van der Waals surface area (Å²) in [6, 6.07) is 5.19. The van der Waals surface area contributed by atoms with Crippen molar-refractivity contribution in [1.29, 1.82) is 0 Å². The van der Waals surface area contributed by atoms with Crippen LogP contribution in [0.2, 0.25) is 0 Å². The van der Waals surface area contributed by atoms with Crippen LogP contribution in [0.25, 0.3) is 0 Å². The molecule has 0 radical (unpaired) electrons. The monoisotopic (exact) mass is 351 g/mol. The Kier molecular flexibility index (Phi) is 7.81. The second-order valence-corrected chi connectivity index (χ2v) is 5.27. The van der Waals surface area contributed by atoms with Crippen LogP contribution >= 0.6 is 12.4 Å². The Bertz CT molecular complexity index is 505. The molecule has 4 nitrogen and oxygen atoms in total. The van der Waals surface area contributed by atoms with Crippen molar-refractivity contribution in [3.8, 4) is 0 Å². The maximum atomic E-state index is 12.8. The number of hydrogen-bond donors (Lipinski definition) is 2. The summed E-state index contributed by atoms with van der Waals surface area (Å²) in [5, 5.41) is 5.92.